The number of ether oxygens (including phenoxy) is 1. The molecule has 0 bridgehead atoms. The van der Waals surface area contributed by atoms with Gasteiger partial charge in [-0.25, -0.2) is 4.98 Å². The minimum atomic E-state index is -0.283. The Balaban J connectivity index is 2.04. The number of thiazole rings is 1. The fourth-order valence-electron chi connectivity index (χ4n) is 1.36. The Labute approximate surface area is 117 Å². The highest BCUT2D eigenvalue weighted by molar-refractivity contribution is 9.10. The normalized spacial score (nSPS) is 10.1. The molecule has 18 heavy (non-hydrogen) atoms. The average molecular weight is 327 g/mol. The van der Waals surface area contributed by atoms with Crippen molar-refractivity contribution >= 4 is 44.1 Å². The molecule has 0 saturated heterocycles. The van der Waals surface area contributed by atoms with Crippen LogP contribution in [0.1, 0.15) is 5.69 Å². The molecule has 0 aliphatic rings. The Morgan fingerprint density at radius 2 is 2.39 bits per heavy atom. The van der Waals surface area contributed by atoms with E-state index in [4.69, 9.17) is 0 Å². The maximum absolute atomic E-state index is 11.1. The third-order valence-electron chi connectivity index (χ3n) is 2.18. The summed E-state index contributed by atoms with van der Waals surface area (Å²) in [4.78, 5) is 15.4. The van der Waals surface area contributed by atoms with Gasteiger partial charge in [-0.15, -0.1) is 11.3 Å². The molecule has 1 aromatic carbocycles. The standard InChI is InChI=1S/C12H11BrN2O2S/c1-17-11(16)6-10-7-18-12(15-10)14-9-4-2-3-8(13)5-9/h2-5,7H,6H2,1H3,(H,14,15). The van der Waals surface area contributed by atoms with Crippen molar-refractivity contribution in [1.82, 2.24) is 4.98 Å². The quantitative estimate of drug-likeness (QED) is 0.875. The fraction of sp³-hybridized carbons (Fsp3) is 0.167. The van der Waals surface area contributed by atoms with Gasteiger partial charge in [0, 0.05) is 15.5 Å². The van der Waals surface area contributed by atoms with Gasteiger partial charge < -0.3 is 10.1 Å². The highest BCUT2D eigenvalue weighted by atomic mass is 79.9. The molecule has 1 heterocycles. The molecule has 0 aliphatic carbocycles. The molecule has 0 spiro atoms. The molecule has 2 rings (SSSR count). The molecule has 2 aromatic rings. The number of halogens is 1. The largest absolute Gasteiger partial charge is 0.469 e. The van der Waals surface area contributed by atoms with Gasteiger partial charge in [-0.1, -0.05) is 22.0 Å². The summed E-state index contributed by atoms with van der Waals surface area (Å²) in [6, 6.07) is 7.80. The van der Waals surface area contributed by atoms with E-state index >= 15 is 0 Å². The molecule has 0 aliphatic heterocycles. The molecule has 0 unspecified atom stereocenters. The summed E-state index contributed by atoms with van der Waals surface area (Å²) in [5, 5.41) is 5.78. The Bertz CT molecular complexity index is 557. The van der Waals surface area contributed by atoms with Gasteiger partial charge in [0.1, 0.15) is 0 Å². The number of methoxy groups -OCH3 is 1. The Kier molecular flexibility index (Phi) is 4.33. The highest BCUT2D eigenvalue weighted by Gasteiger charge is 2.07. The van der Waals surface area contributed by atoms with E-state index < -0.39 is 0 Å². The second-order valence-corrected chi connectivity index (χ2v) is 5.31. The van der Waals surface area contributed by atoms with Crippen LogP contribution in [-0.4, -0.2) is 18.1 Å². The summed E-state index contributed by atoms with van der Waals surface area (Å²) in [7, 11) is 1.37. The van der Waals surface area contributed by atoms with E-state index in [2.05, 4.69) is 31.0 Å². The first-order valence-electron chi connectivity index (χ1n) is 5.21. The molecule has 0 radical (unpaired) electrons. The van der Waals surface area contributed by atoms with E-state index in [1.165, 1.54) is 18.4 Å². The first-order valence-corrected chi connectivity index (χ1v) is 6.88. The number of carbonyl (C=O) groups is 1. The number of rotatable bonds is 4. The van der Waals surface area contributed by atoms with Crippen molar-refractivity contribution in [3.63, 3.8) is 0 Å². The van der Waals surface area contributed by atoms with Crippen LogP contribution >= 0.6 is 27.3 Å². The maximum atomic E-state index is 11.1. The molecule has 1 aromatic heterocycles. The predicted octanol–water partition coefficient (Wildman–Crippen LogP) is 3.36. The topological polar surface area (TPSA) is 51.2 Å². The number of anilines is 2. The molecule has 1 N–H and O–H groups in total. The molecule has 0 fully saturated rings. The third-order valence-corrected chi connectivity index (χ3v) is 3.48. The number of nitrogens with zero attached hydrogens (tertiary/aromatic N) is 1. The van der Waals surface area contributed by atoms with Crippen LogP contribution < -0.4 is 5.32 Å². The molecule has 0 amide bonds. The molecule has 6 heteroatoms. The van der Waals surface area contributed by atoms with Crippen molar-refractivity contribution in [2.75, 3.05) is 12.4 Å². The summed E-state index contributed by atoms with van der Waals surface area (Å²) < 4.78 is 5.60. The van der Waals surface area contributed by atoms with E-state index in [-0.39, 0.29) is 12.4 Å². The van der Waals surface area contributed by atoms with E-state index in [0.29, 0.717) is 5.69 Å². The number of carbonyl (C=O) groups excluding carboxylic acids is 1. The van der Waals surface area contributed by atoms with E-state index in [9.17, 15) is 4.79 Å². The lowest BCUT2D eigenvalue weighted by molar-refractivity contribution is -0.139. The van der Waals surface area contributed by atoms with Crippen LogP contribution in [0.15, 0.2) is 34.1 Å². The molecule has 0 atom stereocenters. The molecule has 94 valence electrons. The predicted molar refractivity (Wildman–Crippen MR) is 75.3 cm³/mol. The number of benzene rings is 1. The summed E-state index contributed by atoms with van der Waals surface area (Å²) in [5.74, 6) is -0.283. The van der Waals surface area contributed by atoms with Gasteiger partial charge >= 0.3 is 5.97 Å². The van der Waals surface area contributed by atoms with Crippen molar-refractivity contribution in [3.05, 3.63) is 39.8 Å². The number of aromatic nitrogens is 1. The van der Waals surface area contributed by atoms with Crippen molar-refractivity contribution in [3.8, 4) is 0 Å². The van der Waals surface area contributed by atoms with Crippen LogP contribution in [0.4, 0.5) is 10.8 Å². The first-order chi connectivity index (χ1) is 8.67. The Hall–Kier alpha value is -1.40. The zero-order chi connectivity index (χ0) is 13.0. The number of hydrogen-bond donors (Lipinski definition) is 1. The minimum Gasteiger partial charge on any atom is -0.469 e. The van der Waals surface area contributed by atoms with Crippen LogP contribution in [-0.2, 0) is 16.0 Å². The van der Waals surface area contributed by atoms with Gasteiger partial charge in [-0.2, -0.15) is 0 Å². The van der Waals surface area contributed by atoms with E-state index in [1.807, 2.05) is 29.6 Å². The van der Waals surface area contributed by atoms with Gasteiger partial charge in [0.15, 0.2) is 5.13 Å². The van der Waals surface area contributed by atoms with Gasteiger partial charge in [0.2, 0.25) is 0 Å². The van der Waals surface area contributed by atoms with Gasteiger partial charge in [-0.05, 0) is 18.2 Å². The SMILES string of the molecule is COC(=O)Cc1csc(Nc2cccc(Br)c2)n1. The van der Waals surface area contributed by atoms with Gasteiger partial charge in [0.05, 0.1) is 19.2 Å². The molecule has 4 nitrogen and oxygen atoms in total. The molecular weight excluding hydrogens is 316 g/mol. The van der Waals surface area contributed by atoms with Crippen LogP contribution in [0.25, 0.3) is 0 Å². The number of nitrogens with one attached hydrogen (secondary N) is 1. The second kappa shape index (κ2) is 5.97. The number of hydrogen-bond acceptors (Lipinski definition) is 5. The fourth-order valence-corrected chi connectivity index (χ4v) is 2.49. The monoisotopic (exact) mass is 326 g/mol. The second-order valence-electron chi connectivity index (χ2n) is 3.53. The van der Waals surface area contributed by atoms with E-state index in [1.54, 1.807) is 0 Å². The minimum absolute atomic E-state index is 0.202. The summed E-state index contributed by atoms with van der Waals surface area (Å²) >= 11 is 4.86. The Morgan fingerprint density at radius 1 is 1.56 bits per heavy atom. The summed E-state index contributed by atoms with van der Waals surface area (Å²) in [5.41, 5.74) is 1.66. The lowest BCUT2D eigenvalue weighted by atomic mass is 10.3. The average Bonchev–Trinajstić information content (AvgIpc) is 2.76. The van der Waals surface area contributed by atoms with Gasteiger partial charge in [-0.3, -0.25) is 4.79 Å². The van der Waals surface area contributed by atoms with Gasteiger partial charge in [0.25, 0.3) is 0 Å². The van der Waals surface area contributed by atoms with Crippen molar-refractivity contribution in [1.29, 1.82) is 0 Å². The lowest BCUT2D eigenvalue weighted by Gasteiger charge is -2.02. The van der Waals surface area contributed by atoms with Crippen molar-refractivity contribution < 1.29 is 9.53 Å². The maximum Gasteiger partial charge on any atom is 0.311 e. The summed E-state index contributed by atoms with van der Waals surface area (Å²) in [6.45, 7) is 0. The van der Waals surface area contributed by atoms with Crippen molar-refractivity contribution in [2.45, 2.75) is 6.42 Å². The summed E-state index contributed by atoms with van der Waals surface area (Å²) in [6.07, 6.45) is 0.202. The first kappa shape index (κ1) is 13.0. The van der Waals surface area contributed by atoms with Crippen LogP contribution in [0.3, 0.4) is 0 Å². The zero-order valence-corrected chi connectivity index (χ0v) is 12.0. The lowest BCUT2D eigenvalue weighted by Crippen LogP contribution is -2.04. The smallest absolute Gasteiger partial charge is 0.311 e. The van der Waals surface area contributed by atoms with Crippen molar-refractivity contribution in [2.24, 2.45) is 0 Å². The zero-order valence-electron chi connectivity index (χ0n) is 9.64. The Morgan fingerprint density at radius 3 is 3.11 bits per heavy atom. The van der Waals surface area contributed by atoms with Crippen LogP contribution in [0.5, 0.6) is 0 Å². The van der Waals surface area contributed by atoms with Crippen LogP contribution in [0, 0.1) is 0 Å². The van der Waals surface area contributed by atoms with Crippen LogP contribution in [0.2, 0.25) is 0 Å². The third kappa shape index (κ3) is 3.54. The number of esters is 1. The van der Waals surface area contributed by atoms with E-state index in [0.717, 1.165) is 15.3 Å². The molecular formula is C12H11BrN2O2S. The molecule has 0 saturated carbocycles. The highest BCUT2D eigenvalue weighted by Crippen LogP contribution is 2.23.